The summed E-state index contributed by atoms with van der Waals surface area (Å²) in [7, 11) is -4.03. The summed E-state index contributed by atoms with van der Waals surface area (Å²) in [6.07, 6.45) is 1.07. The second-order valence-corrected chi connectivity index (χ2v) is 9.55. The van der Waals surface area contributed by atoms with Gasteiger partial charge < -0.3 is 10.1 Å². The number of ether oxygens (including phenoxy) is 1. The van der Waals surface area contributed by atoms with Gasteiger partial charge in [-0.3, -0.25) is 4.79 Å². The molecule has 1 atom stereocenters. The summed E-state index contributed by atoms with van der Waals surface area (Å²) < 4.78 is 34.1. The summed E-state index contributed by atoms with van der Waals surface area (Å²) in [5.41, 5.74) is 2.56. The molecule has 3 rings (SSSR count). The van der Waals surface area contributed by atoms with Gasteiger partial charge in [-0.15, -0.1) is 0 Å². The van der Waals surface area contributed by atoms with Crippen LogP contribution in [-0.2, 0) is 27.7 Å². The van der Waals surface area contributed by atoms with E-state index in [1.165, 1.54) is 18.2 Å². The normalized spacial score (nSPS) is 12.2. The average Bonchev–Trinajstić information content (AvgIpc) is 2.81. The van der Waals surface area contributed by atoms with Gasteiger partial charge in [-0.05, 0) is 61.2 Å². The van der Waals surface area contributed by atoms with Crippen molar-refractivity contribution >= 4 is 33.2 Å². The molecule has 0 aliphatic heterocycles. The van der Waals surface area contributed by atoms with E-state index in [0.29, 0.717) is 18.0 Å². The molecule has 0 unspecified atom stereocenters. The lowest BCUT2D eigenvalue weighted by atomic mass is 10.1. The monoisotopic (exact) mass is 486 g/mol. The Hall–Kier alpha value is -2.87. The van der Waals surface area contributed by atoms with Crippen LogP contribution in [0.3, 0.4) is 0 Å². The van der Waals surface area contributed by atoms with Crippen LogP contribution in [-0.4, -0.2) is 27.0 Å². The topological polar surface area (TPSA) is 84.5 Å². The van der Waals surface area contributed by atoms with E-state index in [2.05, 4.69) is 10.0 Å². The lowest BCUT2D eigenvalue weighted by Crippen LogP contribution is -2.45. The molecule has 0 aromatic heterocycles. The molecule has 0 radical (unpaired) electrons. The molecule has 0 fully saturated rings. The van der Waals surface area contributed by atoms with Crippen LogP contribution in [0.2, 0.25) is 5.02 Å². The molecule has 0 spiro atoms. The van der Waals surface area contributed by atoms with E-state index in [0.717, 1.165) is 17.5 Å². The first-order valence-electron chi connectivity index (χ1n) is 10.7. The highest BCUT2D eigenvalue weighted by Gasteiger charge is 2.27. The fourth-order valence-corrected chi connectivity index (χ4v) is 4.79. The van der Waals surface area contributed by atoms with Gasteiger partial charge in [0.15, 0.2) is 0 Å². The number of nitrogens with one attached hydrogen (secondary N) is 2. The molecule has 0 saturated heterocycles. The minimum atomic E-state index is -4.03. The number of hydrogen-bond acceptors (Lipinski definition) is 4. The number of carbonyl (C=O) groups is 1. The molecule has 8 heteroatoms. The summed E-state index contributed by atoms with van der Waals surface area (Å²) in [6.45, 7) is 4.26. The SMILES string of the molecule is CCOc1ccc(S(=O)(=O)N[C@H](Cc2ccccc2)C(=O)Nc2ccc(CC)cc2)cc1Cl. The minimum absolute atomic E-state index is 0.0471. The van der Waals surface area contributed by atoms with E-state index in [9.17, 15) is 13.2 Å². The maximum Gasteiger partial charge on any atom is 0.242 e. The molecule has 0 aliphatic carbocycles. The summed E-state index contributed by atoms with van der Waals surface area (Å²) in [5.74, 6) is -0.0593. The Kier molecular flexibility index (Phi) is 8.49. The molecular weight excluding hydrogens is 460 g/mol. The first-order valence-corrected chi connectivity index (χ1v) is 12.6. The molecule has 2 N–H and O–H groups in total. The smallest absolute Gasteiger partial charge is 0.242 e. The number of hydrogen-bond donors (Lipinski definition) is 2. The van der Waals surface area contributed by atoms with E-state index in [1.54, 1.807) is 12.1 Å². The van der Waals surface area contributed by atoms with Gasteiger partial charge in [0.05, 0.1) is 16.5 Å². The van der Waals surface area contributed by atoms with Crippen molar-refractivity contribution in [3.05, 3.63) is 88.9 Å². The largest absolute Gasteiger partial charge is 0.492 e. The van der Waals surface area contributed by atoms with Gasteiger partial charge in [0.2, 0.25) is 15.9 Å². The first-order chi connectivity index (χ1) is 15.8. The van der Waals surface area contributed by atoms with E-state index < -0.39 is 22.0 Å². The maximum atomic E-state index is 13.1. The zero-order chi connectivity index (χ0) is 23.8. The molecule has 0 heterocycles. The van der Waals surface area contributed by atoms with Gasteiger partial charge in [-0.25, -0.2) is 8.42 Å². The van der Waals surface area contributed by atoms with E-state index >= 15 is 0 Å². The van der Waals surface area contributed by atoms with Gasteiger partial charge >= 0.3 is 0 Å². The quantitative estimate of drug-likeness (QED) is 0.430. The Labute approximate surface area is 200 Å². The van der Waals surface area contributed by atoms with Crippen molar-refractivity contribution in [2.24, 2.45) is 0 Å². The van der Waals surface area contributed by atoms with Crippen LogP contribution < -0.4 is 14.8 Å². The highest BCUT2D eigenvalue weighted by atomic mass is 35.5. The van der Waals surface area contributed by atoms with Gasteiger partial charge in [-0.2, -0.15) is 4.72 Å². The summed E-state index contributed by atoms with van der Waals surface area (Å²) in [6, 6.07) is 19.9. The number of amides is 1. The zero-order valence-electron chi connectivity index (χ0n) is 18.5. The molecule has 3 aromatic rings. The molecule has 0 aliphatic rings. The van der Waals surface area contributed by atoms with Gasteiger partial charge in [-0.1, -0.05) is 61.0 Å². The first kappa shape index (κ1) is 24.8. The van der Waals surface area contributed by atoms with Crippen molar-refractivity contribution in [1.82, 2.24) is 4.72 Å². The molecule has 33 heavy (non-hydrogen) atoms. The van der Waals surface area contributed by atoms with Crippen molar-refractivity contribution < 1.29 is 17.9 Å². The Morgan fingerprint density at radius 3 is 2.27 bits per heavy atom. The van der Waals surface area contributed by atoms with Crippen molar-refractivity contribution in [1.29, 1.82) is 0 Å². The van der Waals surface area contributed by atoms with Crippen molar-refractivity contribution in [3.63, 3.8) is 0 Å². The van der Waals surface area contributed by atoms with Crippen LogP contribution in [0.4, 0.5) is 5.69 Å². The van der Waals surface area contributed by atoms with E-state index in [4.69, 9.17) is 16.3 Å². The number of carbonyl (C=O) groups excluding carboxylic acids is 1. The molecule has 3 aromatic carbocycles. The summed E-state index contributed by atoms with van der Waals surface area (Å²) in [4.78, 5) is 13.1. The average molecular weight is 487 g/mol. The summed E-state index contributed by atoms with van der Waals surface area (Å²) in [5, 5.41) is 2.99. The van der Waals surface area contributed by atoms with E-state index in [1.807, 2.05) is 56.3 Å². The van der Waals surface area contributed by atoms with Gasteiger partial charge in [0, 0.05) is 5.69 Å². The maximum absolute atomic E-state index is 13.1. The van der Waals surface area contributed by atoms with Crippen LogP contribution in [0, 0.1) is 0 Å². The number of anilines is 1. The van der Waals surface area contributed by atoms with Gasteiger partial charge in [0.25, 0.3) is 0 Å². The molecule has 0 saturated carbocycles. The predicted octanol–water partition coefficient (Wildman–Crippen LogP) is 4.83. The summed E-state index contributed by atoms with van der Waals surface area (Å²) >= 11 is 6.18. The lowest BCUT2D eigenvalue weighted by molar-refractivity contribution is -0.117. The van der Waals surface area contributed by atoms with Crippen molar-refractivity contribution in [2.75, 3.05) is 11.9 Å². The second-order valence-electron chi connectivity index (χ2n) is 7.43. The lowest BCUT2D eigenvalue weighted by Gasteiger charge is -2.19. The minimum Gasteiger partial charge on any atom is -0.492 e. The third-order valence-electron chi connectivity index (χ3n) is 5.04. The van der Waals surface area contributed by atoms with E-state index in [-0.39, 0.29) is 16.3 Å². The molecular formula is C25H27ClN2O4S. The molecule has 1 amide bonds. The standard InChI is InChI=1S/C25H27ClN2O4S/c1-3-18-10-12-20(13-11-18)27-25(29)23(16-19-8-6-5-7-9-19)28-33(30,31)21-14-15-24(32-4-2)22(26)17-21/h5-15,17,23,28H,3-4,16H2,1-2H3,(H,27,29)/t23-/m1/s1. The number of sulfonamides is 1. The predicted molar refractivity (Wildman–Crippen MR) is 131 cm³/mol. The fourth-order valence-electron chi connectivity index (χ4n) is 3.27. The van der Waals surface area contributed by atoms with Crippen molar-refractivity contribution in [3.8, 4) is 5.75 Å². The number of rotatable bonds is 10. The third kappa shape index (κ3) is 6.81. The second kappa shape index (κ2) is 11.3. The number of benzene rings is 3. The Morgan fingerprint density at radius 1 is 0.970 bits per heavy atom. The van der Waals surface area contributed by atoms with Gasteiger partial charge in [0.1, 0.15) is 11.8 Å². The number of halogens is 1. The van der Waals surface area contributed by atoms with Crippen LogP contribution in [0.1, 0.15) is 25.0 Å². The molecule has 6 nitrogen and oxygen atoms in total. The highest BCUT2D eigenvalue weighted by Crippen LogP contribution is 2.27. The zero-order valence-corrected chi connectivity index (χ0v) is 20.1. The molecule has 174 valence electrons. The Bertz CT molecular complexity index is 1180. The van der Waals surface area contributed by atoms with Crippen molar-refractivity contribution in [2.45, 2.75) is 37.6 Å². The third-order valence-corrected chi connectivity index (χ3v) is 6.80. The number of aryl methyl sites for hydroxylation is 1. The van der Waals surface area contributed by atoms with Crippen LogP contribution in [0.15, 0.2) is 77.7 Å². The van der Waals surface area contributed by atoms with Crippen LogP contribution >= 0.6 is 11.6 Å². The Morgan fingerprint density at radius 2 is 1.67 bits per heavy atom. The Balaban J connectivity index is 1.85. The van der Waals surface area contributed by atoms with Crippen LogP contribution in [0.25, 0.3) is 0 Å². The molecule has 0 bridgehead atoms. The fraction of sp³-hybridized carbons (Fsp3) is 0.240. The van der Waals surface area contributed by atoms with Crippen LogP contribution in [0.5, 0.6) is 5.75 Å². The highest BCUT2D eigenvalue weighted by molar-refractivity contribution is 7.89.